The lowest BCUT2D eigenvalue weighted by atomic mass is 10.2. The van der Waals surface area contributed by atoms with Crippen molar-refractivity contribution in [3.05, 3.63) is 51.2 Å². The van der Waals surface area contributed by atoms with Gasteiger partial charge < -0.3 is 9.55 Å². The Morgan fingerprint density at radius 2 is 2.24 bits per heavy atom. The van der Waals surface area contributed by atoms with Crippen LogP contribution in [0.25, 0.3) is 0 Å². The number of carbonyl (C=O) groups excluding carboxylic acids is 1. The van der Waals surface area contributed by atoms with Gasteiger partial charge in [0.05, 0.1) is 5.75 Å². The molecule has 0 spiro atoms. The van der Waals surface area contributed by atoms with Crippen molar-refractivity contribution in [2.24, 2.45) is 0 Å². The Morgan fingerprint density at radius 1 is 1.40 bits per heavy atom. The number of Topliss-reactive ketones (excluding diaryl/α,β-unsaturated/α-hetero) is 1. The fourth-order valence-electron chi connectivity index (χ4n) is 3.02. The lowest BCUT2D eigenvalue weighted by molar-refractivity contribution is 0.102. The second kappa shape index (κ2) is 6.80. The number of nitrogens with zero attached hydrogens (tertiary/aromatic N) is 3. The molecule has 0 radical (unpaired) electrons. The van der Waals surface area contributed by atoms with E-state index in [0.717, 1.165) is 34.4 Å². The quantitative estimate of drug-likeness (QED) is 0.499. The molecule has 0 saturated heterocycles. The fourth-order valence-corrected chi connectivity index (χ4v) is 4.63. The van der Waals surface area contributed by atoms with Gasteiger partial charge in [0, 0.05) is 34.3 Å². The highest BCUT2D eigenvalue weighted by molar-refractivity contribution is 7.99. The molecule has 0 bridgehead atoms. The maximum atomic E-state index is 12.5. The van der Waals surface area contributed by atoms with Crippen molar-refractivity contribution < 1.29 is 4.79 Å². The summed E-state index contributed by atoms with van der Waals surface area (Å²) in [5.41, 5.74) is 2.73. The van der Waals surface area contributed by atoms with Crippen LogP contribution in [-0.4, -0.2) is 31.3 Å². The van der Waals surface area contributed by atoms with Crippen molar-refractivity contribution in [3.8, 4) is 0 Å². The zero-order chi connectivity index (χ0) is 17.4. The third-order valence-electron chi connectivity index (χ3n) is 4.34. The van der Waals surface area contributed by atoms with Crippen molar-refractivity contribution >= 4 is 28.9 Å². The van der Waals surface area contributed by atoms with Crippen LogP contribution in [0.2, 0.25) is 0 Å². The van der Waals surface area contributed by atoms with Gasteiger partial charge in [-0.05, 0) is 44.2 Å². The first kappa shape index (κ1) is 16.6. The molecule has 0 unspecified atom stereocenters. The van der Waals surface area contributed by atoms with Crippen LogP contribution in [0.4, 0.5) is 0 Å². The molecule has 1 saturated carbocycles. The lowest BCUT2D eigenvalue weighted by Crippen LogP contribution is -2.07. The number of thioether (sulfide) groups is 1. The third kappa shape index (κ3) is 3.57. The highest BCUT2D eigenvalue weighted by Crippen LogP contribution is 2.39. The van der Waals surface area contributed by atoms with Crippen LogP contribution in [0.5, 0.6) is 0 Å². The second-order valence-electron chi connectivity index (χ2n) is 6.46. The molecule has 0 atom stereocenters. The summed E-state index contributed by atoms with van der Waals surface area (Å²) >= 11 is 3.24. The molecule has 3 heterocycles. The van der Waals surface area contributed by atoms with Gasteiger partial charge in [-0.2, -0.15) is 0 Å². The van der Waals surface area contributed by atoms with Crippen LogP contribution in [0.15, 0.2) is 28.7 Å². The monoisotopic (exact) mass is 372 g/mol. The van der Waals surface area contributed by atoms with Crippen molar-refractivity contribution in [3.63, 3.8) is 0 Å². The maximum Gasteiger partial charge on any atom is 0.191 e. The molecule has 25 heavy (non-hydrogen) atoms. The molecule has 3 aromatic heterocycles. The largest absolute Gasteiger partial charge is 0.362 e. The van der Waals surface area contributed by atoms with Gasteiger partial charge in [-0.15, -0.1) is 21.5 Å². The topological polar surface area (TPSA) is 63.6 Å². The minimum absolute atomic E-state index is 0.136. The van der Waals surface area contributed by atoms with Gasteiger partial charge in [0.15, 0.2) is 10.9 Å². The normalized spacial score (nSPS) is 14.2. The van der Waals surface area contributed by atoms with Crippen LogP contribution in [-0.2, 0) is 6.42 Å². The molecule has 1 aliphatic rings. The Bertz CT molecular complexity index is 890. The molecule has 0 aromatic carbocycles. The number of nitrogens with one attached hydrogen (secondary N) is 1. The van der Waals surface area contributed by atoms with E-state index in [1.54, 1.807) is 11.3 Å². The summed E-state index contributed by atoms with van der Waals surface area (Å²) in [6.07, 6.45) is 3.16. The molecule has 5 nitrogen and oxygen atoms in total. The second-order valence-corrected chi connectivity index (χ2v) is 8.43. The van der Waals surface area contributed by atoms with Crippen molar-refractivity contribution in [1.29, 1.82) is 0 Å². The fraction of sp³-hybridized carbons (Fsp3) is 0.389. The molecule has 1 fully saturated rings. The van der Waals surface area contributed by atoms with E-state index in [1.807, 2.05) is 19.9 Å². The SMILES string of the molecule is Cc1cc(C(=O)CSc2nnc(Cc3cccs3)n2C2CC2)c(C)[nH]1. The minimum atomic E-state index is 0.136. The number of carbonyl (C=O) groups is 1. The first-order valence-corrected chi connectivity index (χ1v) is 10.3. The maximum absolute atomic E-state index is 12.5. The minimum Gasteiger partial charge on any atom is -0.362 e. The molecular weight excluding hydrogens is 352 g/mol. The van der Waals surface area contributed by atoms with E-state index in [1.165, 1.54) is 29.5 Å². The standard InChI is InChI=1S/C18H20N4OS2/c1-11-8-15(12(2)19-11)16(23)10-25-18-21-20-17(22(18)13-5-6-13)9-14-4-3-7-24-14/h3-4,7-8,13,19H,5-6,9-10H2,1-2H3. The molecular formula is C18H20N4OS2. The van der Waals surface area contributed by atoms with Gasteiger partial charge in [0.25, 0.3) is 0 Å². The molecule has 130 valence electrons. The number of aromatic nitrogens is 4. The summed E-state index contributed by atoms with van der Waals surface area (Å²) in [7, 11) is 0. The van der Waals surface area contributed by atoms with E-state index >= 15 is 0 Å². The van der Waals surface area contributed by atoms with E-state index in [-0.39, 0.29) is 5.78 Å². The molecule has 1 aliphatic carbocycles. The van der Waals surface area contributed by atoms with Gasteiger partial charge in [-0.3, -0.25) is 4.79 Å². The third-order valence-corrected chi connectivity index (χ3v) is 6.16. The highest BCUT2D eigenvalue weighted by Gasteiger charge is 2.30. The Morgan fingerprint density at radius 3 is 2.88 bits per heavy atom. The Balaban J connectivity index is 1.50. The number of aryl methyl sites for hydroxylation is 2. The predicted octanol–water partition coefficient (Wildman–Crippen LogP) is 4.19. The van der Waals surface area contributed by atoms with Gasteiger partial charge in [0.2, 0.25) is 0 Å². The summed E-state index contributed by atoms with van der Waals surface area (Å²) in [5, 5.41) is 11.7. The van der Waals surface area contributed by atoms with Crippen LogP contribution in [0, 0.1) is 13.8 Å². The van der Waals surface area contributed by atoms with E-state index in [0.29, 0.717) is 11.8 Å². The molecule has 7 heteroatoms. The number of H-pyrrole nitrogens is 1. The van der Waals surface area contributed by atoms with Crippen LogP contribution >= 0.6 is 23.1 Å². The first-order chi connectivity index (χ1) is 12.1. The van der Waals surface area contributed by atoms with Crippen LogP contribution in [0.3, 0.4) is 0 Å². The number of thiophene rings is 1. The lowest BCUT2D eigenvalue weighted by Gasteiger charge is -2.08. The van der Waals surface area contributed by atoms with E-state index in [9.17, 15) is 4.79 Å². The summed E-state index contributed by atoms with van der Waals surface area (Å²) in [6.45, 7) is 3.91. The number of ketones is 1. The van der Waals surface area contributed by atoms with E-state index in [2.05, 4.69) is 37.3 Å². The smallest absolute Gasteiger partial charge is 0.191 e. The Hall–Kier alpha value is -1.86. The summed E-state index contributed by atoms with van der Waals surface area (Å²) in [6, 6.07) is 6.61. The number of hydrogen-bond donors (Lipinski definition) is 1. The average Bonchev–Trinajstić information content (AvgIpc) is 2.99. The summed E-state index contributed by atoms with van der Waals surface area (Å²) < 4.78 is 2.24. The summed E-state index contributed by atoms with van der Waals surface area (Å²) in [5.74, 6) is 1.53. The van der Waals surface area contributed by atoms with Gasteiger partial charge in [-0.25, -0.2) is 0 Å². The molecule has 3 aromatic rings. The van der Waals surface area contributed by atoms with Gasteiger partial charge >= 0.3 is 0 Å². The zero-order valence-corrected chi connectivity index (χ0v) is 15.9. The molecule has 1 N–H and O–H groups in total. The predicted molar refractivity (Wildman–Crippen MR) is 101 cm³/mol. The first-order valence-electron chi connectivity index (χ1n) is 8.40. The zero-order valence-electron chi connectivity index (χ0n) is 14.3. The van der Waals surface area contributed by atoms with Crippen molar-refractivity contribution in [2.45, 2.75) is 44.3 Å². The molecule has 4 rings (SSSR count). The van der Waals surface area contributed by atoms with Gasteiger partial charge in [-0.1, -0.05) is 17.8 Å². The summed E-state index contributed by atoms with van der Waals surface area (Å²) in [4.78, 5) is 17.0. The van der Waals surface area contributed by atoms with Crippen molar-refractivity contribution in [2.75, 3.05) is 5.75 Å². The highest BCUT2D eigenvalue weighted by atomic mass is 32.2. The number of aromatic amines is 1. The Kier molecular flexibility index (Phi) is 4.52. The molecule has 0 aliphatic heterocycles. The number of hydrogen-bond acceptors (Lipinski definition) is 5. The molecule has 0 amide bonds. The van der Waals surface area contributed by atoms with E-state index < -0.39 is 0 Å². The Labute approximate surface area is 154 Å². The van der Waals surface area contributed by atoms with Crippen molar-refractivity contribution in [1.82, 2.24) is 19.7 Å². The number of rotatable bonds is 7. The average molecular weight is 373 g/mol. The van der Waals surface area contributed by atoms with Crippen LogP contribution < -0.4 is 0 Å². The van der Waals surface area contributed by atoms with Gasteiger partial charge in [0.1, 0.15) is 5.82 Å². The van der Waals surface area contributed by atoms with Crippen LogP contribution in [0.1, 0.15) is 51.3 Å². The van der Waals surface area contributed by atoms with E-state index in [4.69, 9.17) is 0 Å².